The molecule has 0 spiro atoms. The zero-order chi connectivity index (χ0) is 11.1. The summed E-state index contributed by atoms with van der Waals surface area (Å²) in [6.45, 7) is 0.586. The van der Waals surface area contributed by atoms with Crippen LogP contribution in [0.15, 0.2) is 12.2 Å². The first kappa shape index (κ1) is 11.8. The number of carbonyl (C=O) groups is 2. The second kappa shape index (κ2) is 6.22. The normalized spacial score (nSPS) is 15.5. The summed E-state index contributed by atoms with van der Waals surface area (Å²) in [6, 6.07) is 0. The lowest BCUT2D eigenvalue weighted by Gasteiger charge is -2.09. The number of hydrogen-bond donors (Lipinski definition) is 2. The molecular formula is C11H17NO3. The van der Waals surface area contributed by atoms with Crippen molar-refractivity contribution in [3.63, 3.8) is 0 Å². The smallest absolute Gasteiger partial charge is 0.303 e. The van der Waals surface area contributed by atoms with Crippen LogP contribution in [-0.4, -0.2) is 23.5 Å². The third-order valence-electron chi connectivity index (χ3n) is 2.50. The molecule has 4 heteroatoms. The van der Waals surface area contributed by atoms with Gasteiger partial charge in [-0.05, 0) is 25.7 Å². The first-order chi connectivity index (χ1) is 7.20. The first-order valence-electron chi connectivity index (χ1n) is 5.34. The summed E-state index contributed by atoms with van der Waals surface area (Å²) in [5.41, 5.74) is 0. The molecule has 1 rings (SSSR count). The van der Waals surface area contributed by atoms with Crippen LogP contribution < -0.4 is 5.32 Å². The molecule has 1 amide bonds. The second-order valence-electron chi connectivity index (χ2n) is 3.78. The van der Waals surface area contributed by atoms with E-state index in [1.165, 1.54) is 0 Å². The molecule has 0 bridgehead atoms. The van der Waals surface area contributed by atoms with E-state index in [4.69, 9.17) is 5.11 Å². The van der Waals surface area contributed by atoms with Gasteiger partial charge in [0, 0.05) is 18.9 Å². The SMILES string of the molecule is O=C(O)CCCCNC(=O)C1CC=CC1. The zero-order valence-electron chi connectivity index (χ0n) is 8.74. The number of unbranched alkanes of at least 4 members (excludes halogenated alkanes) is 1. The maximum absolute atomic E-state index is 11.5. The molecule has 0 aromatic rings. The van der Waals surface area contributed by atoms with Crippen LogP contribution in [-0.2, 0) is 9.59 Å². The van der Waals surface area contributed by atoms with Crippen LogP contribution in [0, 0.1) is 5.92 Å². The van der Waals surface area contributed by atoms with Gasteiger partial charge >= 0.3 is 5.97 Å². The third-order valence-corrected chi connectivity index (χ3v) is 2.50. The van der Waals surface area contributed by atoms with Crippen molar-refractivity contribution in [2.75, 3.05) is 6.54 Å². The molecule has 4 nitrogen and oxygen atoms in total. The largest absolute Gasteiger partial charge is 0.481 e. The Hall–Kier alpha value is -1.32. The highest BCUT2D eigenvalue weighted by Crippen LogP contribution is 2.17. The number of carbonyl (C=O) groups excluding carboxylic acids is 1. The van der Waals surface area contributed by atoms with E-state index in [-0.39, 0.29) is 18.2 Å². The lowest BCUT2D eigenvalue weighted by Crippen LogP contribution is -2.30. The lowest BCUT2D eigenvalue weighted by atomic mass is 10.1. The molecule has 0 aliphatic heterocycles. The predicted molar refractivity (Wildman–Crippen MR) is 56.4 cm³/mol. The Morgan fingerprint density at radius 2 is 1.93 bits per heavy atom. The van der Waals surface area contributed by atoms with Crippen LogP contribution in [0.25, 0.3) is 0 Å². The molecule has 1 aliphatic carbocycles. The first-order valence-corrected chi connectivity index (χ1v) is 5.34. The van der Waals surface area contributed by atoms with Crippen LogP contribution in [0.1, 0.15) is 32.1 Å². The maximum atomic E-state index is 11.5. The number of hydrogen-bond acceptors (Lipinski definition) is 2. The molecule has 0 saturated heterocycles. The number of allylic oxidation sites excluding steroid dienone is 2. The zero-order valence-corrected chi connectivity index (χ0v) is 8.74. The van der Waals surface area contributed by atoms with Crippen LogP contribution >= 0.6 is 0 Å². The average Bonchev–Trinajstić information content (AvgIpc) is 2.69. The summed E-state index contributed by atoms with van der Waals surface area (Å²) in [6.07, 6.45) is 7.25. The van der Waals surface area contributed by atoms with Gasteiger partial charge in [-0.1, -0.05) is 12.2 Å². The van der Waals surface area contributed by atoms with Crippen LogP contribution in [0.4, 0.5) is 0 Å². The fourth-order valence-electron chi connectivity index (χ4n) is 1.59. The Balaban J connectivity index is 1.99. The summed E-state index contributed by atoms with van der Waals surface area (Å²) in [5, 5.41) is 11.2. The Morgan fingerprint density at radius 1 is 1.27 bits per heavy atom. The van der Waals surface area contributed by atoms with Crippen molar-refractivity contribution in [2.45, 2.75) is 32.1 Å². The summed E-state index contributed by atoms with van der Waals surface area (Å²) in [7, 11) is 0. The molecule has 0 heterocycles. The minimum Gasteiger partial charge on any atom is -0.481 e. The number of amides is 1. The van der Waals surface area contributed by atoms with Gasteiger partial charge in [0.2, 0.25) is 5.91 Å². The Labute approximate surface area is 89.4 Å². The fourth-order valence-corrected chi connectivity index (χ4v) is 1.59. The minimum atomic E-state index is -0.777. The summed E-state index contributed by atoms with van der Waals surface area (Å²) in [4.78, 5) is 21.7. The van der Waals surface area contributed by atoms with E-state index < -0.39 is 5.97 Å². The minimum absolute atomic E-state index is 0.0929. The maximum Gasteiger partial charge on any atom is 0.303 e. The molecule has 0 saturated carbocycles. The fraction of sp³-hybridized carbons (Fsp3) is 0.636. The average molecular weight is 211 g/mol. The molecule has 1 aliphatic rings. The van der Waals surface area contributed by atoms with Gasteiger partial charge in [0.25, 0.3) is 0 Å². The molecule has 2 N–H and O–H groups in total. The van der Waals surface area contributed by atoms with Crippen LogP contribution in [0.5, 0.6) is 0 Å². The standard InChI is InChI=1S/C11H17NO3/c13-10(14)7-3-4-8-12-11(15)9-5-1-2-6-9/h1-2,9H,3-8H2,(H,12,15)(H,13,14). The number of aliphatic carboxylic acids is 1. The molecule has 15 heavy (non-hydrogen) atoms. The van der Waals surface area contributed by atoms with Gasteiger partial charge in [0.05, 0.1) is 0 Å². The van der Waals surface area contributed by atoms with E-state index in [1.54, 1.807) is 0 Å². The third kappa shape index (κ3) is 4.63. The van der Waals surface area contributed by atoms with Crippen molar-refractivity contribution in [3.05, 3.63) is 12.2 Å². The van der Waals surface area contributed by atoms with Gasteiger partial charge in [-0.15, -0.1) is 0 Å². The Bertz CT molecular complexity index is 253. The summed E-state index contributed by atoms with van der Waals surface area (Å²) < 4.78 is 0. The highest BCUT2D eigenvalue weighted by molar-refractivity contribution is 5.79. The highest BCUT2D eigenvalue weighted by Gasteiger charge is 2.18. The Kier molecular flexibility index (Phi) is 4.87. The van der Waals surface area contributed by atoms with Gasteiger partial charge in [0.1, 0.15) is 0 Å². The van der Waals surface area contributed by atoms with E-state index >= 15 is 0 Å². The molecule has 0 radical (unpaired) electrons. The summed E-state index contributed by atoms with van der Waals surface area (Å²) in [5.74, 6) is -0.582. The molecule has 0 unspecified atom stereocenters. The van der Waals surface area contributed by atoms with Gasteiger partial charge in [-0.2, -0.15) is 0 Å². The van der Waals surface area contributed by atoms with Crippen molar-refractivity contribution >= 4 is 11.9 Å². The molecular weight excluding hydrogens is 194 g/mol. The number of nitrogens with one attached hydrogen (secondary N) is 1. The lowest BCUT2D eigenvalue weighted by molar-refractivity contribution is -0.137. The molecule has 0 aromatic heterocycles. The van der Waals surface area contributed by atoms with Gasteiger partial charge in [0.15, 0.2) is 0 Å². The molecule has 0 atom stereocenters. The predicted octanol–water partition coefficient (Wildman–Crippen LogP) is 1.32. The van der Waals surface area contributed by atoms with E-state index in [1.807, 2.05) is 12.2 Å². The number of carboxylic acid groups (broad SMARTS) is 1. The topological polar surface area (TPSA) is 66.4 Å². The van der Waals surface area contributed by atoms with Crippen molar-refractivity contribution in [1.29, 1.82) is 0 Å². The molecule has 0 fully saturated rings. The second-order valence-corrected chi connectivity index (χ2v) is 3.78. The molecule has 84 valence electrons. The van der Waals surface area contributed by atoms with Gasteiger partial charge in [-0.3, -0.25) is 9.59 Å². The van der Waals surface area contributed by atoms with Crippen molar-refractivity contribution in [3.8, 4) is 0 Å². The van der Waals surface area contributed by atoms with Gasteiger partial charge in [-0.25, -0.2) is 0 Å². The van der Waals surface area contributed by atoms with Crippen molar-refractivity contribution in [1.82, 2.24) is 5.32 Å². The van der Waals surface area contributed by atoms with E-state index in [0.29, 0.717) is 13.0 Å². The van der Waals surface area contributed by atoms with E-state index in [2.05, 4.69) is 5.32 Å². The van der Waals surface area contributed by atoms with Crippen LogP contribution in [0.3, 0.4) is 0 Å². The number of rotatable bonds is 6. The molecule has 0 aromatic carbocycles. The number of carboxylic acids is 1. The van der Waals surface area contributed by atoms with E-state index in [0.717, 1.165) is 19.3 Å². The Morgan fingerprint density at radius 3 is 2.53 bits per heavy atom. The van der Waals surface area contributed by atoms with Crippen LogP contribution in [0.2, 0.25) is 0 Å². The van der Waals surface area contributed by atoms with Gasteiger partial charge < -0.3 is 10.4 Å². The van der Waals surface area contributed by atoms with E-state index in [9.17, 15) is 9.59 Å². The monoisotopic (exact) mass is 211 g/mol. The highest BCUT2D eigenvalue weighted by atomic mass is 16.4. The quantitative estimate of drug-likeness (QED) is 0.514. The van der Waals surface area contributed by atoms with Crippen molar-refractivity contribution < 1.29 is 14.7 Å². The van der Waals surface area contributed by atoms with Crippen molar-refractivity contribution in [2.24, 2.45) is 5.92 Å². The summed E-state index contributed by atoms with van der Waals surface area (Å²) >= 11 is 0.